The van der Waals surface area contributed by atoms with Crippen LogP contribution in [0.5, 0.6) is 0 Å². The zero-order valence-corrected chi connectivity index (χ0v) is 12.8. The molecule has 0 radical (unpaired) electrons. The number of hydrogen-bond donors (Lipinski definition) is 1. The number of hydrogen-bond acceptors (Lipinski definition) is 3. The van der Waals surface area contributed by atoms with Gasteiger partial charge in [0.15, 0.2) is 6.10 Å². The SMILES string of the molecule is CC(OC(=O)c1cccn1C)C(=O)NCC1CCCCC1. The lowest BCUT2D eigenvalue weighted by atomic mass is 9.89. The van der Waals surface area contributed by atoms with Crippen molar-refractivity contribution in [3.8, 4) is 0 Å². The zero-order chi connectivity index (χ0) is 15.2. The van der Waals surface area contributed by atoms with Crippen LogP contribution >= 0.6 is 0 Å². The Morgan fingerprint density at radius 2 is 2.10 bits per heavy atom. The van der Waals surface area contributed by atoms with Gasteiger partial charge in [-0.3, -0.25) is 4.79 Å². The number of ether oxygens (including phenoxy) is 1. The molecule has 1 saturated carbocycles. The normalized spacial score (nSPS) is 17.2. The lowest BCUT2D eigenvalue weighted by molar-refractivity contribution is -0.129. The molecule has 0 aliphatic heterocycles. The average Bonchev–Trinajstić information content (AvgIpc) is 2.92. The van der Waals surface area contributed by atoms with E-state index in [2.05, 4.69) is 5.32 Å². The van der Waals surface area contributed by atoms with Crippen LogP contribution in [-0.2, 0) is 16.6 Å². The zero-order valence-electron chi connectivity index (χ0n) is 12.8. The van der Waals surface area contributed by atoms with E-state index in [1.165, 1.54) is 32.1 Å². The van der Waals surface area contributed by atoms with Gasteiger partial charge in [0.2, 0.25) is 0 Å². The minimum absolute atomic E-state index is 0.219. The van der Waals surface area contributed by atoms with Crippen LogP contribution in [0.15, 0.2) is 18.3 Å². The molecule has 0 saturated heterocycles. The van der Waals surface area contributed by atoms with Crippen molar-refractivity contribution in [2.45, 2.75) is 45.1 Å². The first-order valence-corrected chi connectivity index (χ1v) is 7.68. The summed E-state index contributed by atoms with van der Waals surface area (Å²) in [6.45, 7) is 2.29. The summed E-state index contributed by atoms with van der Waals surface area (Å²) in [6.07, 6.45) is 7.16. The molecule has 1 aliphatic rings. The second kappa shape index (κ2) is 7.29. The van der Waals surface area contributed by atoms with Crippen molar-refractivity contribution in [3.63, 3.8) is 0 Å². The highest BCUT2D eigenvalue weighted by Gasteiger charge is 2.21. The summed E-state index contributed by atoms with van der Waals surface area (Å²) >= 11 is 0. The number of amides is 1. The molecule has 1 amide bonds. The number of nitrogens with one attached hydrogen (secondary N) is 1. The van der Waals surface area contributed by atoms with Crippen molar-refractivity contribution in [1.82, 2.24) is 9.88 Å². The van der Waals surface area contributed by atoms with Crippen LogP contribution in [0, 0.1) is 5.92 Å². The summed E-state index contributed by atoms with van der Waals surface area (Å²) in [4.78, 5) is 23.9. The maximum absolute atomic E-state index is 12.0. The Balaban J connectivity index is 1.77. The van der Waals surface area contributed by atoms with Crippen LogP contribution in [0.1, 0.15) is 49.5 Å². The fourth-order valence-corrected chi connectivity index (χ4v) is 2.73. The first kappa shape index (κ1) is 15.6. The highest BCUT2D eigenvalue weighted by molar-refractivity contribution is 5.90. The molecule has 1 aromatic rings. The molecule has 116 valence electrons. The minimum atomic E-state index is -0.768. The van der Waals surface area contributed by atoms with Crippen molar-refractivity contribution in [3.05, 3.63) is 24.0 Å². The smallest absolute Gasteiger partial charge is 0.355 e. The van der Waals surface area contributed by atoms with E-state index < -0.39 is 12.1 Å². The molecular formula is C16H24N2O3. The Morgan fingerprint density at radius 1 is 1.38 bits per heavy atom. The predicted molar refractivity (Wildman–Crippen MR) is 79.9 cm³/mol. The fraction of sp³-hybridized carbons (Fsp3) is 0.625. The molecule has 21 heavy (non-hydrogen) atoms. The van der Waals surface area contributed by atoms with Gasteiger partial charge in [-0.1, -0.05) is 19.3 Å². The standard InChI is InChI=1S/C16H24N2O3/c1-12(21-16(20)14-9-6-10-18(14)2)15(19)17-11-13-7-4-3-5-8-13/h6,9-10,12-13H,3-5,7-8,11H2,1-2H3,(H,17,19). The van der Waals surface area contributed by atoms with Gasteiger partial charge in [-0.05, 0) is 37.8 Å². The van der Waals surface area contributed by atoms with E-state index in [0.29, 0.717) is 18.2 Å². The largest absolute Gasteiger partial charge is 0.448 e. The number of rotatable bonds is 5. The highest BCUT2D eigenvalue weighted by Crippen LogP contribution is 2.22. The van der Waals surface area contributed by atoms with Crippen LogP contribution in [0.4, 0.5) is 0 Å². The average molecular weight is 292 g/mol. The number of aromatic nitrogens is 1. The number of aryl methyl sites for hydroxylation is 1. The Kier molecular flexibility index (Phi) is 5.42. The molecule has 1 atom stereocenters. The van der Waals surface area contributed by atoms with E-state index in [9.17, 15) is 9.59 Å². The van der Waals surface area contributed by atoms with E-state index in [1.54, 1.807) is 36.9 Å². The summed E-state index contributed by atoms with van der Waals surface area (Å²) in [6, 6.07) is 3.44. The number of carbonyl (C=O) groups is 2. The van der Waals surface area contributed by atoms with Gasteiger partial charge < -0.3 is 14.6 Å². The molecule has 0 aromatic carbocycles. The summed E-state index contributed by atoms with van der Waals surface area (Å²) in [5, 5.41) is 2.89. The molecule has 1 heterocycles. The van der Waals surface area contributed by atoms with Crippen LogP contribution < -0.4 is 5.32 Å². The van der Waals surface area contributed by atoms with E-state index >= 15 is 0 Å². The topological polar surface area (TPSA) is 60.3 Å². The maximum atomic E-state index is 12.0. The van der Waals surface area contributed by atoms with E-state index in [-0.39, 0.29) is 5.91 Å². The van der Waals surface area contributed by atoms with Crippen molar-refractivity contribution in [2.75, 3.05) is 6.54 Å². The monoisotopic (exact) mass is 292 g/mol. The van der Waals surface area contributed by atoms with Crippen LogP contribution in [0.25, 0.3) is 0 Å². The van der Waals surface area contributed by atoms with Crippen LogP contribution in [-0.4, -0.2) is 29.1 Å². The third-order valence-electron chi connectivity index (χ3n) is 4.10. The van der Waals surface area contributed by atoms with E-state index in [1.807, 2.05) is 0 Å². The first-order valence-electron chi connectivity index (χ1n) is 7.68. The fourth-order valence-electron chi connectivity index (χ4n) is 2.73. The Morgan fingerprint density at radius 3 is 2.71 bits per heavy atom. The summed E-state index contributed by atoms with van der Waals surface area (Å²) in [5.41, 5.74) is 0.446. The molecule has 0 bridgehead atoms. The second-order valence-corrected chi connectivity index (χ2v) is 5.80. The lowest BCUT2D eigenvalue weighted by Crippen LogP contribution is -2.38. The first-order chi connectivity index (χ1) is 10.1. The summed E-state index contributed by atoms with van der Waals surface area (Å²) in [7, 11) is 1.77. The molecule has 2 rings (SSSR count). The van der Waals surface area contributed by atoms with Gasteiger partial charge in [-0.15, -0.1) is 0 Å². The minimum Gasteiger partial charge on any atom is -0.448 e. The second-order valence-electron chi connectivity index (χ2n) is 5.80. The molecule has 1 aliphatic carbocycles. The predicted octanol–water partition coefficient (Wildman–Crippen LogP) is 2.27. The molecular weight excluding hydrogens is 268 g/mol. The maximum Gasteiger partial charge on any atom is 0.355 e. The van der Waals surface area contributed by atoms with Crippen molar-refractivity contribution >= 4 is 11.9 Å². The van der Waals surface area contributed by atoms with Crippen molar-refractivity contribution in [1.29, 1.82) is 0 Å². The van der Waals surface area contributed by atoms with Gasteiger partial charge in [0.25, 0.3) is 5.91 Å². The lowest BCUT2D eigenvalue weighted by Gasteiger charge is -2.22. The van der Waals surface area contributed by atoms with Crippen molar-refractivity contribution in [2.24, 2.45) is 13.0 Å². The summed E-state index contributed by atoms with van der Waals surface area (Å²) in [5.74, 6) is -0.121. The van der Waals surface area contributed by atoms with Gasteiger partial charge >= 0.3 is 5.97 Å². The number of esters is 1. The number of nitrogens with zero attached hydrogens (tertiary/aromatic N) is 1. The molecule has 0 spiro atoms. The van der Waals surface area contributed by atoms with Crippen LogP contribution in [0.3, 0.4) is 0 Å². The van der Waals surface area contributed by atoms with Crippen LogP contribution in [0.2, 0.25) is 0 Å². The third-order valence-corrected chi connectivity index (χ3v) is 4.10. The Bertz CT molecular complexity index is 489. The molecule has 5 heteroatoms. The molecule has 1 fully saturated rings. The van der Waals surface area contributed by atoms with E-state index in [0.717, 1.165) is 0 Å². The molecule has 5 nitrogen and oxygen atoms in total. The van der Waals surface area contributed by atoms with Gasteiger partial charge in [0, 0.05) is 19.8 Å². The molecule has 1 aromatic heterocycles. The van der Waals surface area contributed by atoms with Gasteiger partial charge in [-0.2, -0.15) is 0 Å². The Labute approximate surface area is 125 Å². The van der Waals surface area contributed by atoms with Gasteiger partial charge in [0.05, 0.1) is 0 Å². The van der Waals surface area contributed by atoms with E-state index in [4.69, 9.17) is 4.74 Å². The quantitative estimate of drug-likeness (QED) is 0.847. The van der Waals surface area contributed by atoms with Gasteiger partial charge in [-0.25, -0.2) is 4.79 Å². The molecule has 1 N–H and O–H groups in total. The number of carbonyl (C=O) groups excluding carboxylic acids is 2. The molecule has 1 unspecified atom stereocenters. The Hall–Kier alpha value is -1.78. The summed E-state index contributed by atoms with van der Waals surface area (Å²) < 4.78 is 6.88. The van der Waals surface area contributed by atoms with Crippen molar-refractivity contribution < 1.29 is 14.3 Å². The third kappa shape index (κ3) is 4.34. The van der Waals surface area contributed by atoms with Gasteiger partial charge in [0.1, 0.15) is 5.69 Å². The highest BCUT2D eigenvalue weighted by atomic mass is 16.5.